The van der Waals surface area contributed by atoms with Crippen LogP contribution in [-0.4, -0.2) is 22.0 Å². The predicted molar refractivity (Wildman–Crippen MR) is 71.4 cm³/mol. The van der Waals surface area contributed by atoms with Gasteiger partial charge in [0.05, 0.1) is 6.04 Å². The van der Waals surface area contributed by atoms with Gasteiger partial charge in [-0.1, -0.05) is 6.07 Å². The molecule has 0 saturated heterocycles. The zero-order valence-electron chi connectivity index (χ0n) is 10.2. The van der Waals surface area contributed by atoms with Crippen LogP contribution in [0.15, 0.2) is 35.0 Å². The molecule has 98 valence electrons. The van der Waals surface area contributed by atoms with E-state index in [2.05, 4.69) is 10.3 Å². The fraction of sp³-hybridized carbons (Fsp3) is 0.154. The van der Waals surface area contributed by atoms with E-state index in [0.29, 0.717) is 0 Å². The Hall–Kier alpha value is -2.21. The molecule has 2 heterocycles. The smallest absolute Gasteiger partial charge is 0.354 e. The van der Waals surface area contributed by atoms with Gasteiger partial charge in [0.25, 0.3) is 5.91 Å². The van der Waals surface area contributed by atoms with Crippen LogP contribution in [0.1, 0.15) is 39.5 Å². The first-order valence-corrected chi connectivity index (χ1v) is 6.55. The molecule has 5 nitrogen and oxygen atoms in total. The Balaban J connectivity index is 2.12. The molecule has 0 aliphatic heterocycles. The van der Waals surface area contributed by atoms with Gasteiger partial charge in [0.2, 0.25) is 0 Å². The molecule has 19 heavy (non-hydrogen) atoms. The number of carbonyl (C=O) groups excluding carboxylic acids is 1. The number of hydrogen-bond acceptors (Lipinski definition) is 4. The Kier molecular flexibility index (Phi) is 3.91. The maximum absolute atomic E-state index is 12.0. The molecule has 1 unspecified atom stereocenters. The number of aromatic carboxylic acids is 1. The summed E-state index contributed by atoms with van der Waals surface area (Å²) in [5.74, 6) is -1.54. The van der Waals surface area contributed by atoms with E-state index in [9.17, 15) is 9.59 Å². The second-order valence-electron chi connectivity index (χ2n) is 3.97. The molecule has 0 bridgehead atoms. The number of hydrogen-bond donors (Lipinski definition) is 2. The molecule has 0 aliphatic carbocycles. The summed E-state index contributed by atoms with van der Waals surface area (Å²) in [6, 6.07) is 6.12. The zero-order valence-corrected chi connectivity index (χ0v) is 11.0. The van der Waals surface area contributed by atoms with Crippen LogP contribution in [0.25, 0.3) is 0 Å². The minimum Gasteiger partial charge on any atom is -0.477 e. The van der Waals surface area contributed by atoms with Gasteiger partial charge >= 0.3 is 5.97 Å². The number of nitrogens with zero attached hydrogens (tertiary/aromatic N) is 1. The van der Waals surface area contributed by atoms with E-state index in [0.717, 1.165) is 5.56 Å². The third kappa shape index (κ3) is 3.17. The molecule has 1 atom stereocenters. The Morgan fingerprint density at radius 2 is 2.05 bits per heavy atom. The van der Waals surface area contributed by atoms with E-state index in [-0.39, 0.29) is 23.3 Å². The monoisotopic (exact) mass is 276 g/mol. The van der Waals surface area contributed by atoms with Gasteiger partial charge in [0, 0.05) is 0 Å². The lowest BCUT2D eigenvalue weighted by atomic mass is 10.2. The number of carboxylic acids is 1. The van der Waals surface area contributed by atoms with Crippen molar-refractivity contribution in [2.75, 3.05) is 0 Å². The maximum Gasteiger partial charge on any atom is 0.354 e. The van der Waals surface area contributed by atoms with Crippen molar-refractivity contribution in [1.82, 2.24) is 10.3 Å². The number of thiophene rings is 1. The largest absolute Gasteiger partial charge is 0.477 e. The van der Waals surface area contributed by atoms with E-state index in [1.807, 2.05) is 23.8 Å². The van der Waals surface area contributed by atoms with Crippen LogP contribution in [0.4, 0.5) is 0 Å². The summed E-state index contributed by atoms with van der Waals surface area (Å²) in [6.07, 6.45) is 0. The van der Waals surface area contributed by atoms with Gasteiger partial charge in [-0.25, -0.2) is 9.78 Å². The van der Waals surface area contributed by atoms with Crippen LogP contribution in [0.5, 0.6) is 0 Å². The molecule has 6 heteroatoms. The second-order valence-corrected chi connectivity index (χ2v) is 4.75. The Morgan fingerprint density at radius 1 is 1.32 bits per heavy atom. The maximum atomic E-state index is 12.0. The number of carbonyl (C=O) groups is 2. The van der Waals surface area contributed by atoms with Crippen molar-refractivity contribution in [2.24, 2.45) is 0 Å². The lowest BCUT2D eigenvalue weighted by Gasteiger charge is -2.12. The van der Waals surface area contributed by atoms with E-state index >= 15 is 0 Å². The minimum absolute atomic E-state index is 0.0991. The zero-order chi connectivity index (χ0) is 13.8. The van der Waals surface area contributed by atoms with Crippen LogP contribution in [0, 0.1) is 0 Å². The van der Waals surface area contributed by atoms with Crippen molar-refractivity contribution in [1.29, 1.82) is 0 Å². The molecule has 2 aromatic heterocycles. The molecule has 0 fully saturated rings. The van der Waals surface area contributed by atoms with Gasteiger partial charge in [0.15, 0.2) is 0 Å². The van der Waals surface area contributed by atoms with Crippen LogP contribution >= 0.6 is 11.3 Å². The number of amides is 1. The summed E-state index contributed by atoms with van der Waals surface area (Å²) >= 11 is 1.55. The molecule has 0 saturated carbocycles. The Labute approximate surface area is 113 Å². The summed E-state index contributed by atoms with van der Waals surface area (Å²) in [5.41, 5.74) is 0.963. The van der Waals surface area contributed by atoms with Gasteiger partial charge in [-0.3, -0.25) is 4.79 Å². The van der Waals surface area contributed by atoms with Gasteiger partial charge < -0.3 is 10.4 Å². The normalized spacial score (nSPS) is 11.8. The van der Waals surface area contributed by atoms with Gasteiger partial charge in [-0.15, -0.1) is 0 Å². The van der Waals surface area contributed by atoms with Gasteiger partial charge in [0.1, 0.15) is 11.4 Å². The van der Waals surface area contributed by atoms with Crippen LogP contribution in [0.3, 0.4) is 0 Å². The standard InChI is InChI=1S/C13H12N2O3S/c1-8(9-5-6-19-7-9)14-12(16)10-3-2-4-11(15-10)13(17)18/h2-8H,1H3,(H,14,16)(H,17,18). The quantitative estimate of drug-likeness (QED) is 0.898. The summed E-state index contributed by atoms with van der Waals surface area (Å²) in [7, 11) is 0. The molecule has 0 aliphatic rings. The first-order chi connectivity index (χ1) is 9.08. The number of nitrogens with one attached hydrogen (secondary N) is 1. The fourth-order valence-corrected chi connectivity index (χ4v) is 2.31. The lowest BCUT2D eigenvalue weighted by molar-refractivity contribution is 0.0690. The molecular formula is C13H12N2O3S. The van der Waals surface area contributed by atoms with Crippen molar-refractivity contribution >= 4 is 23.2 Å². The highest BCUT2D eigenvalue weighted by molar-refractivity contribution is 7.07. The van der Waals surface area contributed by atoms with Crippen molar-refractivity contribution in [3.05, 3.63) is 52.0 Å². The molecule has 2 aromatic rings. The topological polar surface area (TPSA) is 79.3 Å². The number of carboxylic acid groups (broad SMARTS) is 1. The highest BCUT2D eigenvalue weighted by atomic mass is 32.1. The minimum atomic E-state index is -1.15. The van der Waals surface area contributed by atoms with Crippen molar-refractivity contribution in [3.63, 3.8) is 0 Å². The molecule has 2 N–H and O–H groups in total. The van der Waals surface area contributed by atoms with Crippen LogP contribution in [-0.2, 0) is 0 Å². The first-order valence-electron chi connectivity index (χ1n) is 5.61. The third-order valence-corrected chi connectivity index (χ3v) is 3.29. The van der Waals surface area contributed by atoms with Crippen LogP contribution < -0.4 is 5.32 Å². The SMILES string of the molecule is CC(NC(=O)c1cccc(C(=O)O)n1)c1ccsc1. The lowest BCUT2D eigenvalue weighted by Crippen LogP contribution is -2.27. The predicted octanol–water partition coefficient (Wildman–Crippen LogP) is 2.33. The highest BCUT2D eigenvalue weighted by Crippen LogP contribution is 2.16. The van der Waals surface area contributed by atoms with E-state index in [1.165, 1.54) is 18.2 Å². The molecule has 0 spiro atoms. The first kappa shape index (κ1) is 13.2. The molecule has 2 rings (SSSR count). The Morgan fingerprint density at radius 3 is 2.68 bits per heavy atom. The van der Waals surface area contributed by atoms with Crippen LogP contribution in [0.2, 0.25) is 0 Å². The van der Waals surface area contributed by atoms with E-state index in [1.54, 1.807) is 11.3 Å². The van der Waals surface area contributed by atoms with Gasteiger partial charge in [-0.05, 0) is 41.4 Å². The van der Waals surface area contributed by atoms with Crippen molar-refractivity contribution in [2.45, 2.75) is 13.0 Å². The van der Waals surface area contributed by atoms with E-state index in [4.69, 9.17) is 5.11 Å². The fourth-order valence-electron chi connectivity index (χ4n) is 1.56. The molecule has 1 amide bonds. The summed E-state index contributed by atoms with van der Waals surface area (Å²) in [4.78, 5) is 26.6. The second kappa shape index (κ2) is 5.62. The summed E-state index contributed by atoms with van der Waals surface area (Å²) < 4.78 is 0. The summed E-state index contributed by atoms with van der Waals surface area (Å²) in [6.45, 7) is 1.86. The Bertz CT molecular complexity index is 596. The number of aromatic nitrogens is 1. The molecule has 0 radical (unpaired) electrons. The number of rotatable bonds is 4. The molecule has 0 aromatic carbocycles. The number of pyridine rings is 1. The molecular weight excluding hydrogens is 264 g/mol. The van der Waals surface area contributed by atoms with E-state index < -0.39 is 5.97 Å². The average Bonchev–Trinajstić information content (AvgIpc) is 2.92. The van der Waals surface area contributed by atoms with Crippen molar-refractivity contribution < 1.29 is 14.7 Å². The average molecular weight is 276 g/mol. The summed E-state index contributed by atoms with van der Waals surface area (Å²) in [5, 5.41) is 15.5. The van der Waals surface area contributed by atoms with Crippen molar-refractivity contribution in [3.8, 4) is 0 Å². The highest BCUT2D eigenvalue weighted by Gasteiger charge is 2.14. The van der Waals surface area contributed by atoms with Gasteiger partial charge in [-0.2, -0.15) is 11.3 Å². The third-order valence-electron chi connectivity index (χ3n) is 2.59.